The number of aromatic nitrogens is 2. The molecule has 2 aromatic heterocycles. The number of thiol groups is 1. The van der Waals surface area contributed by atoms with E-state index in [2.05, 4.69) is 22.8 Å². The van der Waals surface area contributed by atoms with Gasteiger partial charge in [0, 0.05) is 15.8 Å². The number of nitrogens with zero attached hydrogens (tertiary/aromatic N) is 2. The first kappa shape index (κ1) is 12.5. The summed E-state index contributed by atoms with van der Waals surface area (Å²) in [7, 11) is 0. The lowest BCUT2D eigenvalue weighted by Crippen LogP contribution is -1.87. The van der Waals surface area contributed by atoms with Crippen LogP contribution in [0.25, 0.3) is 22.0 Å². The summed E-state index contributed by atoms with van der Waals surface area (Å²) in [5.41, 5.74) is 3.64. The number of hydrogen-bond donors (Lipinski definition) is 1. The summed E-state index contributed by atoms with van der Waals surface area (Å²) in [4.78, 5) is 5.19. The van der Waals surface area contributed by atoms with Crippen LogP contribution in [0.1, 0.15) is 11.5 Å². The van der Waals surface area contributed by atoms with Gasteiger partial charge in [-0.1, -0.05) is 16.8 Å². The van der Waals surface area contributed by atoms with Crippen LogP contribution in [0, 0.1) is 13.8 Å². The van der Waals surface area contributed by atoms with E-state index < -0.39 is 0 Å². The molecular weight excluding hydrogens is 280 g/mol. The van der Waals surface area contributed by atoms with Crippen molar-refractivity contribution in [3.63, 3.8) is 0 Å². The second-order valence-corrected chi connectivity index (χ2v) is 5.26. The van der Waals surface area contributed by atoms with Crippen LogP contribution in [-0.4, -0.2) is 10.1 Å². The predicted octanol–water partition coefficient (Wildman–Crippen LogP) is 4.45. The van der Waals surface area contributed by atoms with Crippen molar-refractivity contribution >= 4 is 35.1 Å². The van der Waals surface area contributed by atoms with Crippen LogP contribution in [0.2, 0.25) is 5.15 Å². The lowest BCUT2D eigenvalue weighted by molar-refractivity contribution is 0.393. The Balaban J connectivity index is 2.32. The van der Waals surface area contributed by atoms with Gasteiger partial charge in [0.25, 0.3) is 0 Å². The molecule has 0 saturated carbocycles. The molecule has 0 radical (unpaired) electrons. The Bertz CT molecular complexity index is 763. The summed E-state index contributed by atoms with van der Waals surface area (Å²) in [5.74, 6) is 0.784. The highest BCUT2D eigenvalue weighted by Gasteiger charge is 2.13. The molecule has 0 fully saturated rings. The minimum absolute atomic E-state index is 0.469. The number of benzene rings is 1. The molecule has 0 unspecified atom stereocenters. The molecule has 3 nitrogen and oxygen atoms in total. The maximum Gasteiger partial charge on any atom is 0.141 e. The molecule has 2 heterocycles. The molecule has 0 aliphatic rings. The zero-order valence-corrected chi connectivity index (χ0v) is 12.1. The van der Waals surface area contributed by atoms with E-state index >= 15 is 0 Å². The average molecular weight is 291 g/mol. The van der Waals surface area contributed by atoms with Crippen molar-refractivity contribution in [3.05, 3.63) is 40.9 Å². The number of hydrogen-bond acceptors (Lipinski definition) is 4. The molecule has 96 valence electrons. The van der Waals surface area contributed by atoms with Gasteiger partial charge in [0.15, 0.2) is 0 Å². The van der Waals surface area contributed by atoms with Gasteiger partial charge in [0.2, 0.25) is 0 Å². The average Bonchev–Trinajstić information content (AvgIpc) is 2.68. The van der Waals surface area contributed by atoms with E-state index in [0.717, 1.165) is 38.4 Å². The van der Waals surface area contributed by atoms with Crippen molar-refractivity contribution in [1.82, 2.24) is 10.1 Å². The van der Waals surface area contributed by atoms with Gasteiger partial charge in [-0.2, -0.15) is 0 Å². The van der Waals surface area contributed by atoms with Gasteiger partial charge in [-0.05, 0) is 43.7 Å². The third kappa shape index (κ3) is 2.11. The van der Waals surface area contributed by atoms with Crippen LogP contribution in [0.4, 0.5) is 0 Å². The fourth-order valence-electron chi connectivity index (χ4n) is 2.23. The minimum Gasteiger partial charge on any atom is -0.361 e. The van der Waals surface area contributed by atoms with Crippen LogP contribution >= 0.6 is 24.2 Å². The number of rotatable bonds is 1. The zero-order chi connectivity index (χ0) is 13.6. The van der Waals surface area contributed by atoms with Crippen LogP contribution < -0.4 is 0 Å². The number of halogens is 1. The Hall–Kier alpha value is -1.52. The van der Waals surface area contributed by atoms with E-state index in [1.807, 2.05) is 32.0 Å². The third-order valence-electron chi connectivity index (χ3n) is 3.07. The molecule has 3 aromatic rings. The van der Waals surface area contributed by atoms with E-state index in [0.29, 0.717) is 5.15 Å². The Morgan fingerprint density at radius 3 is 2.68 bits per heavy atom. The molecule has 0 atom stereocenters. The maximum atomic E-state index is 5.94. The Labute approximate surface area is 121 Å². The molecule has 0 saturated heterocycles. The lowest BCUT2D eigenvalue weighted by Gasteiger charge is -2.06. The SMILES string of the molecule is Cc1noc(C)c1-c1cc(S)c2ccc(Cl)nc2c1. The third-order valence-corrected chi connectivity index (χ3v) is 3.65. The summed E-state index contributed by atoms with van der Waals surface area (Å²) in [6, 6.07) is 7.66. The summed E-state index contributed by atoms with van der Waals surface area (Å²) < 4.78 is 5.20. The monoisotopic (exact) mass is 290 g/mol. The number of aryl methyl sites for hydroxylation is 2. The Morgan fingerprint density at radius 2 is 2.00 bits per heavy atom. The highest BCUT2D eigenvalue weighted by atomic mass is 35.5. The van der Waals surface area contributed by atoms with Gasteiger partial charge in [-0.3, -0.25) is 0 Å². The van der Waals surface area contributed by atoms with Crippen molar-refractivity contribution in [1.29, 1.82) is 0 Å². The van der Waals surface area contributed by atoms with Gasteiger partial charge >= 0.3 is 0 Å². The Kier molecular flexibility index (Phi) is 2.99. The predicted molar refractivity (Wildman–Crippen MR) is 79.0 cm³/mol. The van der Waals surface area contributed by atoms with Gasteiger partial charge in [0.05, 0.1) is 11.2 Å². The van der Waals surface area contributed by atoms with E-state index in [-0.39, 0.29) is 0 Å². The lowest BCUT2D eigenvalue weighted by atomic mass is 10.0. The van der Waals surface area contributed by atoms with Crippen molar-refractivity contribution in [2.45, 2.75) is 18.7 Å². The quantitative estimate of drug-likeness (QED) is 0.531. The van der Waals surface area contributed by atoms with Crippen molar-refractivity contribution in [2.75, 3.05) is 0 Å². The molecule has 19 heavy (non-hydrogen) atoms. The molecule has 0 aliphatic carbocycles. The highest BCUT2D eigenvalue weighted by Crippen LogP contribution is 2.33. The standard InChI is InChI=1S/C14H11ClN2OS/c1-7-14(8(2)18-17-7)9-5-11-10(12(19)6-9)3-4-13(15)16-11/h3-6,19H,1-2H3. The Morgan fingerprint density at radius 1 is 1.21 bits per heavy atom. The van der Waals surface area contributed by atoms with Gasteiger partial charge in [-0.15, -0.1) is 12.6 Å². The van der Waals surface area contributed by atoms with Crippen molar-refractivity contribution in [2.24, 2.45) is 0 Å². The zero-order valence-electron chi connectivity index (χ0n) is 10.4. The molecular formula is C14H11ClN2OS. The molecule has 5 heteroatoms. The minimum atomic E-state index is 0.469. The van der Waals surface area contributed by atoms with E-state index in [1.54, 1.807) is 6.07 Å². The highest BCUT2D eigenvalue weighted by molar-refractivity contribution is 7.80. The van der Waals surface area contributed by atoms with Crippen LogP contribution in [0.3, 0.4) is 0 Å². The fraction of sp³-hybridized carbons (Fsp3) is 0.143. The van der Waals surface area contributed by atoms with E-state index in [4.69, 9.17) is 16.1 Å². The van der Waals surface area contributed by atoms with E-state index in [9.17, 15) is 0 Å². The van der Waals surface area contributed by atoms with Gasteiger partial charge in [0.1, 0.15) is 10.9 Å². The summed E-state index contributed by atoms with van der Waals surface area (Å²) in [6.45, 7) is 3.81. The topological polar surface area (TPSA) is 38.9 Å². The fourth-order valence-corrected chi connectivity index (χ4v) is 2.71. The van der Waals surface area contributed by atoms with Crippen molar-refractivity contribution < 1.29 is 4.52 Å². The molecule has 0 bridgehead atoms. The molecule has 0 N–H and O–H groups in total. The summed E-state index contributed by atoms with van der Waals surface area (Å²) in [5, 5.41) is 5.42. The van der Waals surface area contributed by atoms with E-state index in [1.165, 1.54) is 0 Å². The molecule has 0 aliphatic heterocycles. The number of pyridine rings is 1. The largest absolute Gasteiger partial charge is 0.361 e. The van der Waals surface area contributed by atoms with Gasteiger partial charge < -0.3 is 4.52 Å². The first-order valence-electron chi connectivity index (χ1n) is 5.79. The first-order valence-corrected chi connectivity index (χ1v) is 6.61. The first-order chi connectivity index (χ1) is 9.06. The van der Waals surface area contributed by atoms with Crippen LogP contribution in [0.5, 0.6) is 0 Å². The second-order valence-electron chi connectivity index (χ2n) is 4.40. The molecule has 1 aromatic carbocycles. The van der Waals surface area contributed by atoms with Crippen LogP contribution in [-0.2, 0) is 0 Å². The molecule has 0 spiro atoms. The second kappa shape index (κ2) is 4.54. The van der Waals surface area contributed by atoms with Gasteiger partial charge in [-0.25, -0.2) is 4.98 Å². The van der Waals surface area contributed by atoms with Crippen molar-refractivity contribution in [3.8, 4) is 11.1 Å². The maximum absolute atomic E-state index is 5.94. The number of fused-ring (bicyclic) bond motifs is 1. The normalized spacial score (nSPS) is 11.2. The summed E-state index contributed by atoms with van der Waals surface area (Å²) in [6.07, 6.45) is 0. The smallest absolute Gasteiger partial charge is 0.141 e. The molecule has 0 amide bonds. The summed E-state index contributed by atoms with van der Waals surface area (Å²) >= 11 is 10.5. The molecule has 3 rings (SSSR count). The van der Waals surface area contributed by atoms with Crippen LogP contribution in [0.15, 0.2) is 33.7 Å².